The molecule has 0 amide bonds. The maximum Gasteiger partial charge on any atom is 0.250 e. The van der Waals surface area contributed by atoms with Crippen molar-refractivity contribution in [1.29, 1.82) is 0 Å². The Bertz CT molecular complexity index is 501. The zero-order valence-corrected chi connectivity index (χ0v) is 13.9. The molecule has 0 saturated carbocycles. The van der Waals surface area contributed by atoms with Gasteiger partial charge >= 0.3 is 0 Å². The molecule has 1 atom stereocenters. The molecule has 4 nitrogen and oxygen atoms in total. The van der Waals surface area contributed by atoms with Crippen LogP contribution in [0.25, 0.3) is 0 Å². The highest BCUT2D eigenvalue weighted by Gasteiger charge is 2.26. The van der Waals surface area contributed by atoms with Crippen molar-refractivity contribution in [3.8, 4) is 0 Å². The van der Waals surface area contributed by atoms with E-state index < -0.39 is 10.0 Å². The van der Waals surface area contributed by atoms with E-state index in [9.17, 15) is 8.42 Å². The summed E-state index contributed by atoms with van der Waals surface area (Å²) in [6.45, 7) is 11.6. The summed E-state index contributed by atoms with van der Waals surface area (Å²) in [7, 11) is -3.41. The van der Waals surface area contributed by atoms with Gasteiger partial charge in [0.25, 0.3) is 0 Å². The van der Waals surface area contributed by atoms with E-state index >= 15 is 0 Å². The van der Waals surface area contributed by atoms with Gasteiger partial charge in [0.2, 0.25) is 10.0 Å². The lowest BCUT2D eigenvalue weighted by Crippen LogP contribution is -2.41. The van der Waals surface area contributed by atoms with Gasteiger partial charge in [0.1, 0.15) is 4.21 Å². The Balaban J connectivity index is 2.80. The summed E-state index contributed by atoms with van der Waals surface area (Å²) >= 11 is 1.32. The molecule has 1 aromatic heterocycles. The summed E-state index contributed by atoms with van der Waals surface area (Å²) in [4.78, 5) is 1.03. The predicted molar refractivity (Wildman–Crippen MR) is 80.9 cm³/mol. The van der Waals surface area contributed by atoms with Crippen LogP contribution < -0.4 is 10.0 Å². The lowest BCUT2D eigenvalue weighted by molar-refractivity contribution is 0.318. The van der Waals surface area contributed by atoms with Crippen molar-refractivity contribution in [3.63, 3.8) is 0 Å². The molecule has 0 saturated heterocycles. The van der Waals surface area contributed by atoms with Crippen LogP contribution in [-0.2, 0) is 16.6 Å². The third-order valence-electron chi connectivity index (χ3n) is 3.08. The summed E-state index contributed by atoms with van der Waals surface area (Å²) in [6.07, 6.45) is 0. The van der Waals surface area contributed by atoms with Gasteiger partial charge in [-0.05, 0) is 31.0 Å². The zero-order valence-electron chi connectivity index (χ0n) is 12.3. The van der Waals surface area contributed by atoms with Gasteiger partial charge in [-0.15, -0.1) is 11.3 Å². The summed E-state index contributed by atoms with van der Waals surface area (Å²) in [5.41, 5.74) is -0.100. The Morgan fingerprint density at radius 1 is 1.32 bits per heavy atom. The van der Waals surface area contributed by atoms with E-state index in [0.717, 1.165) is 11.4 Å². The third kappa shape index (κ3) is 4.87. The van der Waals surface area contributed by atoms with Crippen molar-refractivity contribution >= 4 is 21.4 Å². The normalized spacial score (nSPS) is 14.6. The van der Waals surface area contributed by atoms with Crippen LogP contribution in [0.2, 0.25) is 0 Å². The smallest absolute Gasteiger partial charge is 0.250 e. The number of hydrogen-bond acceptors (Lipinski definition) is 4. The molecule has 2 N–H and O–H groups in total. The van der Waals surface area contributed by atoms with Crippen LogP contribution in [0.5, 0.6) is 0 Å². The number of hydrogen-bond donors (Lipinski definition) is 2. The maximum atomic E-state index is 12.3. The van der Waals surface area contributed by atoms with Crippen LogP contribution >= 0.6 is 11.3 Å². The molecule has 19 heavy (non-hydrogen) atoms. The first-order chi connectivity index (χ1) is 8.66. The molecule has 110 valence electrons. The van der Waals surface area contributed by atoms with Crippen molar-refractivity contribution in [1.82, 2.24) is 10.0 Å². The van der Waals surface area contributed by atoms with E-state index in [0.29, 0.717) is 10.8 Å². The average Bonchev–Trinajstić information content (AvgIpc) is 2.73. The number of sulfonamides is 1. The van der Waals surface area contributed by atoms with Gasteiger partial charge in [0.15, 0.2) is 0 Å². The van der Waals surface area contributed by atoms with Crippen LogP contribution in [0.4, 0.5) is 0 Å². The summed E-state index contributed by atoms with van der Waals surface area (Å²) in [5, 5.41) is 3.19. The monoisotopic (exact) mass is 304 g/mol. The second-order valence-electron chi connectivity index (χ2n) is 5.71. The lowest BCUT2D eigenvalue weighted by Gasteiger charge is -2.27. The predicted octanol–water partition coefficient (Wildman–Crippen LogP) is 2.57. The first kappa shape index (κ1) is 16.6. The van der Waals surface area contributed by atoms with Crippen molar-refractivity contribution in [2.45, 2.75) is 51.4 Å². The Hall–Kier alpha value is -0.430. The molecule has 1 unspecified atom stereocenters. The fourth-order valence-corrected chi connectivity index (χ4v) is 4.10. The highest BCUT2D eigenvalue weighted by molar-refractivity contribution is 7.91. The molecule has 1 heterocycles. The molecule has 0 aliphatic heterocycles. The zero-order chi connectivity index (χ0) is 14.7. The largest absolute Gasteiger partial charge is 0.312 e. The number of thiophene rings is 1. The Labute approximate surface area is 120 Å². The fraction of sp³-hybridized carbons (Fsp3) is 0.692. The van der Waals surface area contributed by atoms with Gasteiger partial charge in [0, 0.05) is 17.5 Å². The number of nitrogens with one attached hydrogen (secondary N) is 2. The van der Waals surface area contributed by atoms with Crippen molar-refractivity contribution in [2.24, 2.45) is 5.41 Å². The van der Waals surface area contributed by atoms with Gasteiger partial charge in [-0.2, -0.15) is 0 Å². The molecule has 0 aliphatic carbocycles. The Morgan fingerprint density at radius 2 is 1.95 bits per heavy atom. The minimum absolute atomic E-state index is 0.100. The van der Waals surface area contributed by atoms with Crippen molar-refractivity contribution in [3.05, 3.63) is 17.0 Å². The first-order valence-electron chi connectivity index (χ1n) is 6.48. The molecule has 0 radical (unpaired) electrons. The average molecular weight is 304 g/mol. The van der Waals surface area contributed by atoms with E-state index in [1.807, 2.05) is 40.7 Å². The van der Waals surface area contributed by atoms with E-state index in [2.05, 4.69) is 10.0 Å². The minimum Gasteiger partial charge on any atom is -0.312 e. The van der Waals surface area contributed by atoms with Gasteiger partial charge in [-0.25, -0.2) is 13.1 Å². The standard InChI is InChI=1S/C13H24N2O2S2/c1-6-14-9-11-7-8-12(18-11)19(16,17)15-10(2)13(3,4)5/h7-8,10,14-15H,6,9H2,1-5H3. The molecular weight excluding hydrogens is 280 g/mol. The molecule has 1 rings (SSSR count). The summed E-state index contributed by atoms with van der Waals surface area (Å²) in [5.74, 6) is 0. The molecule has 6 heteroatoms. The second-order valence-corrected chi connectivity index (χ2v) is 8.82. The van der Waals surface area contributed by atoms with Gasteiger partial charge in [-0.3, -0.25) is 0 Å². The fourth-order valence-electron chi connectivity index (χ4n) is 1.31. The van der Waals surface area contributed by atoms with E-state index in [1.165, 1.54) is 11.3 Å². The van der Waals surface area contributed by atoms with Crippen molar-refractivity contribution < 1.29 is 8.42 Å². The lowest BCUT2D eigenvalue weighted by atomic mass is 9.89. The topological polar surface area (TPSA) is 58.2 Å². The molecule has 0 aromatic carbocycles. The van der Waals surface area contributed by atoms with Crippen LogP contribution in [0, 0.1) is 5.41 Å². The van der Waals surface area contributed by atoms with Gasteiger partial charge < -0.3 is 5.32 Å². The number of rotatable bonds is 6. The van der Waals surface area contributed by atoms with E-state index in [1.54, 1.807) is 6.07 Å². The van der Waals surface area contributed by atoms with Crippen molar-refractivity contribution in [2.75, 3.05) is 6.54 Å². The first-order valence-corrected chi connectivity index (χ1v) is 8.78. The van der Waals surface area contributed by atoms with Crippen LogP contribution in [0.15, 0.2) is 16.3 Å². The van der Waals surface area contributed by atoms with Gasteiger partial charge in [-0.1, -0.05) is 27.7 Å². The van der Waals surface area contributed by atoms with Crippen LogP contribution in [0.1, 0.15) is 39.5 Å². The SMILES string of the molecule is CCNCc1ccc(S(=O)(=O)NC(C)C(C)(C)C)s1. The van der Waals surface area contributed by atoms with E-state index in [4.69, 9.17) is 0 Å². The van der Waals surface area contributed by atoms with Gasteiger partial charge in [0.05, 0.1) is 0 Å². The quantitative estimate of drug-likeness (QED) is 0.849. The Morgan fingerprint density at radius 3 is 2.47 bits per heavy atom. The second kappa shape index (κ2) is 6.35. The van der Waals surface area contributed by atoms with Crippen LogP contribution in [0.3, 0.4) is 0 Å². The molecule has 0 aliphatic rings. The highest BCUT2D eigenvalue weighted by Crippen LogP contribution is 2.25. The van der Waals surface area contributed by atoms with E-state index in [-0.39, 0.29) is 11.5 Å². The molecule has 0 spiro atoms. The summed E-state index contributed by atoms with van der Waals surface area (Å²) in [6, 6.07) is 3.43. The Kier molecular flexibility index (Phi) is 5.55. The minimum atomic E-state index is -3.41. The molecule has 0 bridgehead atoms. The molecule has 0 fully saturated rings. The highest BCUT2D eigenvalue weighted by atomic mass is 32.2. The molecule has 1 aromatic rings. The third-order valence-corrected chi connectivity index (χ3v) is 6.20. The summed E-state index contributed by atoms with van der Waals surface area (Å²) < 4.78 is 27.6. The van der Waals surface area contributed by atoms with Crippen LogP contribution in [-0.4, -0.2) is 21.0 Å². The maximum absolute atomic E-state index is 12.3. The molecular formula is C13H24N2O2S2.